The Bertz CT molecular complexity index is 816. The van der Waals surface area contributed by atoms with Gasteiger partial charge in [-0.15, -0.1) is 0 Å². The van der Waals surface area contributed by atoms with Gasteiger partial charge in [-0.2, -0.15) is 0 Å². The van der Waals surface area contributed by atoms with Gasteiger partial charge in [0, 0.05) is 0 Å². The summed E-state index contributed by atoms with van der Waals surface area (Å²) in [7, 11) is 0. The van der Waals surface area contributed by atoms with Crippen LogP contribution in [0.4, 0.5) is 0 Å². The Morgan fingerprint density at radius 2 is 1.43 bits per heavy atom. The normalized spacial score (nSPS) is 23.0. The molecule has 0 heterocycles. The Hall–Kier alpha value is -0.227. The van der Waals surface area contributed by atoms with Crippen molar-refractivity contribution in [2.24, 2.45) is 11.8 Å². The molecule has 0 amide bonds. The summed E-state index contributed by atoms with van der Waals surface area (Å²) >= 11 is -1.97. The third kappa shape index (κ3) is 5.05. The van der Waals surface area contributed by atoms with Gasteiger partial charge >= 0.3 is 180 Å². The van der Waals surface area contributed by atoms with Crippen LogP contribution in [0.2, 0.25) is 0 Å². The molecule has 1 aromatic rings. The zero-order valence-electron chi connectivity index (χ0n) is 18.0. The van der Waals surface area contributed by atoms with Gasteiger partial charge in [0.25, 0.3) is 0 Å². The molecule has 0 N–H and O–H groups in total. The van der Waals surface area contributed by atoms with Gasteiger partial charge in [0.15, 0.2) is 0 Å². The quantitative estimate of drug-likeness (QED) is 0.566. The average molecular weight is 521 g/mol. The summed E-state index contributed by atoms with van der Waals surface area (Å²) in [5.74, 6) is 1.91. The smallest absolute Gasteiger partial charge is 1.00 e. The minimum absolute atomic E-state index is 0. The van der Waals surface area contributed by atoms with Crippen LogP contribution >= 0.6 is 0 Å². The molecule has 0 bridgehead atoms. The summed E-state index contributed by atoms with van der Waals surface area (Å²) in [6.07, 6.45) is 28.5. The molecule has 1 atom stereocenters. The van der Waals surface area contributed by atoms with Crippen LogP contribution in [0, 0.1) is 11.8 Å². The van der Waals surface area contributed by atoms with Crippen molar-refractivity contribution < 1.29 is 46.1 Å². The molecule has 4 aliphatic carbocycles. The maximum Gasteiger partial charge on any atom is -1.00 e. The first kappa shape index (κ1) is 24.4. The maximum atomic E-state index is 2.63. The SMILES string of the molecule is C1=CC[C]([Zr+2](=[C](C2CCCCC2)C2CCCCC2)[CH]2C=Cc3ccccc32)=C1.[Cl-].[Cl-]. The third-order valence-corrected chi connectivity index (χ3v) is 16.5. The molecule has 0 saturated heterocycles. The molecular weight excluding hydrogens is 486 g/mol. The van der Waals surface area contributed by atoms with Crippen molar-refractivity contribution in [2.45, 2.75) is 74.3 Å². The van der Waals surface area contributed by atoms with Gasteiger partial charge in [-0.25, -0.2) is 0 Å². The molecule has 0 spiro atoms. The zero-order chi connectivity index (χ0) is 18.8. The molecule has 0 aromatic heterocycles. The van der Waals surface area contributed by atoms with E-state index in [1.54, 1.807) is 5.56 Å². The van der Waals surface area contributed by atoms with Crippen LogP contribution < -0.4 is 24.8 Å². The molecule has 0 radical (unpaired) electrons. The van der Waals surface area contributed by atoms with Gasteiger partial charge in [0.2, 0.25) is 0 Å². The minimum atomic E-state index is -1.97. The molecule has 0 aliphatic heterocycles. The number of hydrogen-bond donors (Lipinski definition) is 0. The van der Waals surface area contributed by atoms with Crippen LogP contribution in [-0.2, 0) is 21.3 Å². The second kappa shape index (κ2) is 11.6. The van der Waals surface area contributed by atoms with E-state index in [-0.39, 0.29) is 24.8 Å². The summed E-state index contributed by atoms with van der Waals surface area (Å²) in [5.41, 5.74) is 3.16. The average Bonchev–Trinajstić information content (AvgIpc) is 3.44. The maximum absolute atomic E-state index is 2.63. The van der Waals surface area contributed by atoms with E-state index >= 15 is 0 Å². The van der Waals surface area contributed by atoms with Crippen LogP contribution in [0.1, 0.15) is 85.4 Å². The predicted molar refractivity (Wildman–Crippen MR) is 118 cm³/mol. The van der Waals surface area contributed by atoms with Crippen LogP contribution in [-0.4, -0.2) is 3.21 Å². The van der Waals surface area contributed by atoms with Gasteiger partial charge in [-0.05, 0) is 0 Å². The first-order valence-electron chi connectivity index (χ1n) is 11.8. The fourth-order valence-electron chi connectivity index (χ4n) is 6.31. The molecule has 4 aliphatic rings. The monoisotopic (exact) mass is 518 g/mol. The summed E-state index contributed by atoms with van der Waals surface area (Å²) in [4.78, 5) is 0. The first-order valence-corrected chi connectivity index (χ1v) is 15.7. The van der Waals surface area contributed by atoms with Crippen molar-refractivity contribution in [1.29, 1.82) is 0 Å². The topological polar surface area (TPSA) is 0 Å². The van der Waals surface area contributed by atoms with E-state index in [1.807, 2.05) is 3.28 Å². The summed E-state index contributed by atoms with van der Waals surface area (Å²) in [6.45, 7) is 0. The number of rotatable bonds is 4. The molecular formula is C27H34Cl2Zr. The Morgan fingerprint density at radius 1 is 0.800 bits per heavy atom. The molecule has 2 saturated carbocycles. The van der Waals surface area contributed by atoms with E-state index in [2.05, 4.69) is 57.9 Å². The summed E-state index contributed by atoms with van der Waals surface area (Å²) in [5, 5.41) is 0. The number of fused-ring (bicyclic) bond motifs is 1. The summed E-state index contributed by atoms with van der Waals surface area (Å²) < 4.78 is 4.81. The van der Waals surface area contributed by atoms with E-state index in [4.69, 9.17) is 0 Å². The summed E-state index contributed by atoms with van der Waals surface area (Å²) in [6, 6.07) is 9.29. The first-order chi connectivity index (χ1) is 13.9. The number of halogens is 2. The zero-order valence-corrected chi connectivity index (χ0v) is 21.9. The number of hydrogen-bond acceptors (Lipinski definition) is 0. The number of allylic oxidation sites excluding steroid dienone is 5. The van der Waals surface area contributed by atoms with E-state index < -0.39 is 21.3 Å². The molecule has 1 aromatic carbocycles. The largest absolute Gasteiger partial charge is 1.00 e. The molecule has 1 unspecified atom stereocenters. The second-order valence-electron chi connectivity index (χ2n) is 9.33. The van der Waals surface area contributed by atoms with E-state index in [1.165, 1.54) is 76.2 Å². The fourth-order valence-corrected chi connectivity index (χ4v) is 16.3. The van der Waals surface area contributed by atoms with Gasteiger partial charge in [0.1, 0.15) is 0 Å². The van der Waals surface area contributed by atoms with Crippen LogP contribution in [0.15, 0.2) is 51.9 Å². The van der Waals surface area contributed by atoms with Crippen LogP contribution in [0.5, 0.6) is 0 Å². The molecule has 160 valence electrons. The van der Waals surface area contributed by atoms with Gasteiger partial charge in [-0.3, -0.25) is 0 Å². The van der Waals surface area contributed by atoms with Gasteiger partial charge in [-0.1, -0.05) is 0 Å². The second-order valence-corrected chi connectivity index (χ2v) is 15.9. The Kier molecular flexibility index (Phi) is 9.43. The Balaban J connectivity index is 0.00000128. The van der Waals surface area contributed by atoms with Crippen molar-refractivity contribution in [3.05, 3.63) is 63.0 Å². The van der Waals surface area contributed by atoms with Crippen LogP contribution in [0.25, 0.3) is 6.08 Å². The molecule has 0 nitrogen and oxygen atoms in total. The Morgan fingerprint density at radius 3 is 2.03 bits per heavy atom. The molecule has 3 heteroatoms. The minimum Gasteiger partial charge on any atom is -1.00 e. The molecule has 5 rings (SSSR count). The van der Waals surface area contributed by atoms with Crippen molar-refractivity contribution in [2.75, 3.05) is 0 Å². The van der Waals surface area contributed by atoms with E-state index in [9.17, 15) is 0 Å². The predicted octanol–water partition coefficient (Wildman–Crippen LogP) is 1.56. The fraction of sp³-hybridized carbons (Fsp3) is 0.519. The standard InChI is InChI=1S/C13H22.C9H7.C5H5.2ClH.Zr/c1-3-7-12(8-4-1)11-13-9-5-2-6-10-13;1-2-5-9-7-3-6-8(9)4-1;1-2-4-5-3-1;;;/h12-13H,1-10H2;1-7H;1-3H,4H2;2*1H;/q;;;;;+2/p-2. The van der Waals surface area contributed by atoms with E-state index in [0.29, 0.717) is 0 Å². The van der Waals surface area contributed by atoms with Crippen molar-refractivity contribution in [3.8, 4) is 0 Å². The Labute approximate surface area is 203 Å². The molecule has 2 fully saturated rings. The van der Waals surface area contributed by atoms with Crippen molar-refractivity contribution in [3.63, 3.8) is 0 Å². The third-order valence-electron chi connectivity index (χ3n) is 7.63. The number of benzene rings is 1. The van der Waals surface area contributed by atoms with Gasteiger partial charge < -0.3 is 24.8 Å². The van der Waals surface area contributed by atoms with Crippen LogP contribution in [0.3, 0.4) is 0 Å². The van der Waals surface area contributed by atoms with Crippen molar-refractivity contribution >= 4 is 9.28 Å². The van der Waals surface area contributed by atoms with Crippen molar-refractivity contribution in [1.82, 2.24) is 0 Å². The molecule has 30 heavy (non-hydrogen) atoms. The van der Waals surface area contributed by atoms with Gasteiger partial charge in [0.05, 0.1) is 0 Å². The van der Waals surface area contributed by atoms with E-state index in [0.717, 1.165) is 15.5 Å².